The number of aryl methyl sites for hydroxylation is 1. The number of hydrogen-bond acceptors (Lipinski definition) is 5. The van der Waals surface area contributed by atoms with E-state index in [0.717, 1.165) is 0 Å². The number of imide groups is 1. The molecule has 7 nitrogen and oxygen atoms in total. The van der Waals surface area contributed by atoms with Crippen LogP contribution in [0.3, 0.4) is 0 Å². The van der Waals surface area contributed by atoms with E-state index >= 15 is 0 Å². The fourth-order valence-corrected chi connectivity index (χ4v) is 1.43. The molecule has 1 rings (SSSR count). The average Bonchev–Trinajstić information content (AvgIpc) is 2.36. The van der Waals surface area contributed by atoms with Crippen molar-refractivity contribution >= 4 is 18.0 Å². The number of carbonyl (C=O) groups excluding carboxylic acids is 2. The molecule has 108 valence electrons. The number of rotatable bonds is 5. The molecule has 0 aliphatic carbocycles. The van der Waals surface area contributed by atoms with Crippen molar-refractivity contribution in [2.75, 3.05) is 13.2 Å². The van der Waals surface area contributed by atoms with Gasteiger partial charge in [0.2, 0.25) is 0 Å². The van der Waals surface area contributed by atoms with Crippen molar-refractivity contribution in [3.63, 3.8) is 0 Å². The third-order valence-corrected chi connectivity index (χ3v) is 2.32. The van der Waals surface area contributed by atoms with Crippen molar-refractivity contribution in [2.24, 2.45) is 0 Å². The second kappa shape index (κ2) is 7.13. The van der Waals surface area contributed by atoms with Gasteiger partial charge < -0.3 is 14.6 Å². The average molecular weight is 281 g/mol. The number of carboxylic acid groups (broad SMARTS) is 1. The summed E-state index contributed by atoms with van der Waals surface area (Å²) >= 11 is 0. The van der Waals surface area contributed by atoms with Crippen molar-refractivity contribution in [1.29, 1.82) is 0 Å². The van der Waals surface area contributed by atoms with Gasteiger partial charge >= 0.3 is 12.1 Å². The minimum Gasteiger partial charge on any atom is -0.484 e. The van der Waals surface area contributed by atoms with Crippen LogP contribution in [0, 0.1) is 6.92 Å². The van der Waals surface area contributed by atoms with E-state index in [2.05, 4.69) is 4.74 Å². The van der Waals surface area contributed by atoms with Crippen LogP contribution in [-0.4, -0.2) is 36.3 Å². The Balaban J connectivity index is 2.54. The van der Waals surface area contributed by atoms with Crippen molar-refractivity contribution in [3.8, 4) is 5.75 Å². The third-order valence-electron chi connectivity index (χ3n) is 2.32. The molecule has 0 atom stereocenters. The van der Waals surface area contributed by atoms with Crippen LogP contribution in [0.1, 0.15) is 22.8 Å². The molecule has 0 saturated heterocycles. The lowest BCUT2D eigenvalue weighted by atomic mass is 10.1. The van der Waals surface area contributed by atoms with Crippen molar-refractivity contribution in [3.05, 3.63) is 29.3 Å². The van der Waals surface area contributed by atoms with E-state index in [1.807, 2.05) is 5.32 Å². The first-order valence-corrected chi connectivity index (χ1v) is 5.87. The maximum atomic E-state index is 11.3. The molecule has 0 aromatic heterocycles. The Morgan fingerprint density at radius 2 is 2.00 bits per heavy atom. The fraction of sp³-hybridized carbons (Fsp3) is 0.308. The molecule has 0 radical (unpaired) electrons. The summed E-state index contributed by atoms with van der Waals surface area (Å²) in [7, 11) is 0. The third kappa shape index (κ3) is 4.60. The monoisotopic (exact) mass is 281 g/mol. The summed E-state index contributed by atoms with van der Waals surface area (Å²) in [6, 6.07) is 4.32. The molecule has 0 unspecified atom stereocenters. The van der Waals surface area contributed by atoms with Gasteiger partial charge in [0.25, 0.3) is 5.91 Å². The van der Waals surface area contributed by atoms with Gasteiger partial charge in [0, 0.05) is 0 Å². The molecule has 0 saturated carbocycles. The Morgan fingerprint density at radius 1 is 1.30 bits per heavy atom. The molecule has 2 N–H and O–H groups in total. The van der Waals surface area contributed by atoms with Crippen LogP contribution in [-0.2, 0) is 9.53 Å². The number of alkyl carbamates (subject to hydrolysis) is 1. The highest BCUT2D eigenvalue weighted by Crippen LogP contribution is 2.17. The normalized spacial score (nSPS) is 9.70. The molecular weight excluding hydrogens is 266 g/mol. The Morgan fingerprint density at radius 3 is 2.55 bits per heavy atom. The summed E-state index contributed by atoms with van der Waals surface area (Å²) in [5, 5.41) is 10.8. The number of carboxylic acids is 1. The Labute approximate surface area is 115 Å². The number of benzene rings is 1. The molecule has 2 amide bonds. The number of carbonyl (C=O) groups is 3. The minimum atomic E-state index is -1.03. The van der Waals surface area contributed by atoms with Crippen LogP contribution in [0.15, 0.2) is 18.2 Å². The van der Waals surface area contributed by atoms with E-state index in [1.54, 1.807) is 13.8 Å². The van der Waals surface area contributed by atoms with Crippen molar-refractivity contribution in [1.82, 2.24) is 5.32 Å². The second-order valence-electron chi connectivity index (χ2n) is 3.84. The standard InChI is InChI=1S/C13H15NO6/c1-3-19-13(18)14-11(15)7-20-9-4-5-10(12(16)17)8(2)6-9/h4-6H,3,7H2,1-2H3,(H,16,17)(H,14,15,18). The van der Waals surface area contributed by atoms with Crippen LogP contribution < -0.4 is 10.1 Å². The van der Waals surface area contributed by atoms with E-state index in [-0.39, 0.29) is 18.8 Å². The van der Waals surface area contributed by atoms with E-state index in [9.17, 15) is 14.4 Å². The number of hydrogen-bond donors (Lipinski definition) is 2. The Bertz CT molecular complexity index is 526. The summed E-state index contributed by atoms with van der Waals surface area (Å²) < 4.78 is 9.68. The Kier molecular flexibility index (Phi) is 5.52. The van der Waals surface area contributed by atoms with Crippen LogP contribution in [0.2, 0.25) is 0 Å². The summed E-state index contributed by atoms with van der Waals surface area (Å²) in [6.07, 6.45) is -0.835. The molecule has 1 aromatic rings. The lowest BCUT2D eigenvalue weighted by molar-refractivity contribution is -0.122. The topological polar surface area (TPSA) is 102 Å². The van der Waals surface area contributed by atoms with Gasteiger partial charge in [-0.1, -0.05) is 0 Å². The largest absolute Gasteiger partial charge is 0.484 e. The summed E-state index contributed by atoms with van der Waals surface area (Å²) in [5.41, 5.74) is 0.675. The maximum absolute atomic E-state index is 11.3. The summed E-state index contributed by atoms with van der Waals surface area (Å²) in [4.78, 5) is 33.1. The van der Waals surface area contributed by atoms with E-state index in [1.165, 1.54) is 18.2 Å². The van der Waals surface area contributed by atoms with Gasteiger partial charge in [-0.2, -0.15) is 0 Å². The first-order valence-electron chi connectivity index (χ1n) is 5.87. The number of aromatic carboxylic acids is 1. The molecule has 20 heavy (non-hydrogen) atoms. The smallest absolute Gasteiger partial charge is 0.413 e. The van der Waals surface area contributed by atoms with E-state index in [0.29, 0.717) is 11.3 Å². The van der Waals surface area contributed by atoms with Crippen LogP contribution in [0.5, 0.6) is 5.75 Å². The molecule has 0 heterocycles. The van der Waals surface area contributed by atoms with Gasteiger partial charge in [-0.15, -0.1) is 0 Å². The molecule has 7 heteroatoms. The molecule has 1 aromatic carbocycles. The van der Waals surface area contributed by atoms with Crippen LogP contribution in [0.25, 0.3) is 0 Å². The molecular formula is C13H15NO6. The van der Waals surface area contributed by atoms with Gasteiger partial charge in [0.15, 0.2) is 6.61 Å². The SMILES string of the molecule is CCOC(=O)NC(=O)COc1ccc(C(=O)O)c(C)c1. The highest BCUT2D eigenvalue weighted by atomic mass is 16.5. The number of ether oxygens (including phenoxy) is 2. The zero-order valence-corrected chi connectivity index (χ0v) is 11.1. The molecule has 0 fully saturated rings. The van der Waals surface area contributed by atoms with Crippen LogP contribution in [0.4, 0.5) is 4.79 Å². The number of amides is 2. The van der Waals surface area contributed by atoms with Gasteiger partial charge in [0.05, 0.1) is 12.2 Å². The number of nitrogens with one attached hydrogen (secondary N) is 1. The fourth-order valence-electron chi connectivity index (χ4n) is 1.43. The van der Waals surface area contributed by atoms with Gasteiger partial charge in [0.1, 0.15) is 5.75 Å². The maximum Gasteiger partial charge on any atom is 0.413 e. The van der Waals surface area contributed by atoms with Crippen molar-refractivity contribution < 1.29 is 29.0 Å². The van der Waals surface area contributed by atoms with Gasteiger partial charge in [-0.3, -0.25) is 10.1 Å². The quantitative estimate of drug-likeness (QED) is 0.844. The zero-order chi connectivity index (χ0) is 15.1. The first kappa shape index (κ1) is 15.5. The van der Waals surface area contributed by atoms with Gasteiger partial charge in [-0.25, -0.2) is 9.59 Å². The molecule has 0 bridgehead atoms. The lowest BCUT2D eigenvalue weighted by Gasteiger charge is -2.08. The van der Waals surface area contributed by atoms with E-state index < -0.39 is 18.0 Å². The van der Waals surface area contributed by atoms with E-state index in [4.69, 9.17) is 9.84 Å². The summed E-state index contributed by atoms with van der Waals surface area (Å²) in [5.74, 6) is -1.34. The minimum absolute atomic E-state index is 0.160. The van der Waals surface area contributed by atoms with Gasteiger partial charge in [-0.05, 0) is 37.6 Å². The Hall–Kier alpha value is -2.57. The summed E-state index contributed by atoms with van der Waals surface area (Å²) in [6.45, 7) is 3.03. The van der Waals surface area contributed by atoms with Crippen molar-refractivity contribution in [2.45, 2.75) is 13.8 Å². The lowest BCUT2D eigenvalue weighted by Crippen LogP contribution is -2.34. The highest BCUT2D eigenvalue weighted by molar-refractivity contribution is 5.92. The highest BCUT2D eigenvalue weighted by Gasteiger charge is 2.11. The molecule has 0 aliphatic rings. The molecule has 0 spiro atoms. The predicted octanol–water partition coefficient (Wildman–Crippen LogP) is 1.34. The zero-order valence-electron chi connectivity index (χ0n) is 11.1. The second-order valence-corrected chi connectivity index (χ2v) is 3.84. The first-order chi connectivity index (χ1) is 9.43. The molecule has 0 aliphatic heterocycles. The van der Waals surface area contributed by atoms with Crippen LogP contribution >= 0.6 is 0 Å². The predicted molar refractivity (Wildman–Crippen MR) is 68.8 cm³/mol.